The summed E-state index contributed by atoms with van der Waals surface area (Å²) in [4.78, 5) is 41.2. The van der Waals surface area contributed by atoms with Crippen molar-refractivity contribution in [2.24, 2.45) is 5.92 Å². The molecule has 1 fully saturated rings. The van der Waals surface area contributed by atoms with Crippen LogP contribution in [0.1, 0.15) is 37.3 Å². The van der Waals surface area contributed by atoms with Crippen molar-refractivity contribution in [1.82, 2.24) is 20.9 Å². The second-order valence-corrected chi connectivity index (χ2v) is 10.3. The smallest absolute Gasteiger partial charge is 0.243 e. The standard InChI is InChI=1S/C29H37FN4O5/c1-18-27(36)33-24(17-19-8-12-21(35)13-9-19)28(37)32-14-4-5-22-23(30)6-3-7-25(22)39-16-15-31-26(20-10-11-20)29(38)34(18)2/h3,6-9,12-13,18,20,24,26,31,35H,4-5,10-11,14-17H2,1-2H3,(H,32,37)(H,33,36)/t18-,24-,26+/m1/s1. The lowest BCUT2D eigenvalue weighted by Crippen LogP contribution is -2.56. The molecule has 4 rings (SSSR count). The lowest BCUT2D eigenvalue weighted by molar-refractivity contribution is -0.141. The number of aromatic hydroxyl groups is 1. The molecule has 3 atom stereocenters. The summed E-state index contributed by atoms with van der Waals surface area (Å²) in [6.07, 6.45) is 2.86. The van der Waals surface area contributed by atoms with Gasteiger partial charge in [0.25, 0.3) is 0 Å². The minimum atomic E-state index is -0.906. The first-order valence-corrected chi connectivity index (χ1v) is 13.5. The number of nitrogens with one attached hydrogen (secondary N) is 3. The van der Waals surface area contributed by atoms with E-state index in [9.17, 15) is 23.9 Å². The van der Waals surface area contributed by atoms with Crippen LogP contribution in [0.15, 0.2) is 42.5 Å². The highest BCUT2D eigenvalue weighted by Crippen LogP contribution is 2.33. The largest absolute Gasteiger partial charge is 0.508 e. The van der Waals surface area contributed by atoms with E-state index in [2.05, 4.69) is 16.0 Å². The van der Waals surface area contributed by atoms with Crippen LogP contribution in [0, 0.1) is 11.7 Å². The molecule has 2 aromatic rings. The highest BCUT2D eigenvalue weighted by atomic mass is 19.1. The molecule has 1 aliphatic heterocycles. The summed E-state index contributed by atoms with van der Waals surface area (Å²) in [5, 5.41) is 18.5. The Hall–Kier alpha value is -3.66. The molecule has 0 bridgehead atoms. The zero-order chi connectivity index (χ0) is 27.9. The number of rotatable bonds is 3. The van der Waals surface area contributed by atoms with E-state index in [1.165, 1.54) is 23.1 Å². The number of benzene rings is 2. The minimum absolute atomic E-state index is 0.0982. The molecular formula is C29H37FN4O5. The van der Waals surface area contributed by atoms with E-state index in [0.29, 0.717) is 30.7 Å². The first kappa shape index (κ1) is 28.4. The van der Waals surface area contributed by atoms with Crippen molar-refractivity contribution < 1.29 is 28.6 Å². The molecule has 1 aliphatic carbocycles. The number of carbonyl (C=O) groups is 3. The lowest BCUT2D eigenvalue weighted by Gasteiger charge is -2.30. The van der Waals surface area contributed by atoms with Crippen LogP contribution in [0.25, 0.3) is 0 Å². The van der Waals surface area contributed by atoms with Crippen LogP contribution in [-0.4, -0.2) is 72.6 Å². The number of carbonyl (C=O) groups excluding carboxylic acids is 3. The fraction of sp³-hybridized carbons (Fsp3) is 0.483. The highest BCUT2D eigenvalue weighted by molar-refractivity contribution is 5.93. The zero-order valence-electron chi connectivity index (χ0n) is 22.4. The van der Waals surface area contributed by atoms with Crippen LogP contribution in [0.4, 0.5) is 4.39 Å². The summed E-state index contributed by atoms with van der Waals surface area (Å²) in [5.74, 6) is -0.685. The van der Waals surface area contributed by atoms with Crippen LogP contribution in [0.3, 0.4) is 0 Å². The minimum Gasteiger partial charge on any atom is -0.508 e. The molecule has 0 saturated heterocycles. The van der Waals surface area contributed by atoms with Gasteiger partial charge in [0.2, 0.25) is 17.7 Å². The quantitative estimate of drug-likeness (QED) is 0.472. The summed E-state index contributed by atoms with van der Waals surface area (Å²) >= 11 is 0. The monoisotopic (exact) mass is 540 g/mol. The van der Waals surface area contributed by atoms with E-state index in [4.69, 9.17) is 4.74 Å². The van der Waals surface area contributed by atoms with Crippen molar-refractivity contribution in [1.29, 1.82) is 0 Å². The number of likely N-dealkylation sites (N-methyl/N-ethyl adjacent to an activating group) is 1. The van der Waals surface area contributed by atoms with Gasteiger partial charge in [-0.25, -0.2) is 4.39 Å². The Morgan fingerprint density at radius 2 is 1.79 bits per heavy atom. The number of amides is 3. The molecular weight excluding hydrogens is 503 g/mol. The molecule has 39 heavy (non-hydrogen) atoms. The van der Waals surface area contributed by atoms with Gasteiger partial charge < -0.3 is 30.7 Å². The van der Waals surface area contributed by atoms with E-state index >= 15 is 0 Å². The Balaban J connectivity index is 1.56. The summed E-state index contributed by atoms with van der Waals surface area (Å²) < 4.78 is 20.5. The normalized spacial score (nSPS) is 24.0. The van der Waals surface area contributed by atoms with Gasteiger partial charge in [-0.2, -0.15) is 0 Å². The fourth-order valence-electron chi connectivity index (χ4n) is 4.73. The molecule has 10 heteroatoms. The van der Waals surface area contributed by atoms with Crippen molar-refractivity contribution in [2.45, 2.75) is 57.2 Å². The van der Waals surface area contributed by atoms with E-state index < -0.39 is 24.0 Å². The molecule has 4 N–H and O–H groups in total. The Bertz CT molecular complexity index is 1170. The fourth-order valence-corrected chi connectivity index (χ4v) is 4.73. The van der Waals surface area contributed by atoms with E-state index in [1.807, 2.05) is 0 Å². The van der Waals surface area contributed by atoms with Gasteiger partial charge in [0.1, 0.15) is 36.0 Å². The molecule has 1 heterocycles. The number of hydrogen-bond acceptors (Lipinski definition) is 6. The van der Waals surface area contributed by atoms with Gasteiger partial charge in [-0.15, -0.1) is 0 Å². The molecule has 0 radical (unpaired) electrons. The maximum Gasteiger partial charge on any atom is 0.243 e. The molecule has 2 aliphatic rings. The average Bonchev–Trinajstić information content (AvgIpc) is 3.76. The SMILES string of the molecule is C[C@@H]1C(=O)N[C@H](Cc2ccc(O)cc2)C(=O)NCCCc2c(F)cccc2OCCN[C@@H](C2CC2)C(=O)N1C. The van der Waals surface area contributed by atoms with Crippen molar-refractivity contribution in [3.8, 4) is 11.5 Å². The van der Waals surface area contributed by atoms with Gasteiger partial charge in [-0.3, -0.25) is 14.4 Å². The van der Waals surface area contributed by atoms with Crippen LogP contribution in [0.5, 0.6) is 11.5 Å². The predicted molar refractivity (Wildman–Crippen MR) is 144 cm³/mol. The summed E-state index contributed by atoms with van der Waals surface area (Å²) in [7, 11) is 1.59. The summed E-state index contributed by atoms with van der Waals surface area (Å²) in [6, 6.07) is 8.93. The van der Waals surface area contributed by atoms with Gasteiger partial charge in [0.05, 0.1) is 6.04 Å². The first-order valence-electron chi connectivity index (χ1n) is 13.5. The number of phenolic OH excluding ortho intramolecular Hbond substituents is 1. The number of phenols is 1. The van der Waals surface area contributed by atoms with Gasteiger partial charge in [-0.05, 0) is 68.4 Å². The number of fused-ring (bicyclic) bond motifs is 1. The molecule has 2 aromatic carbocycles. The maximum absolute atomic E-state index is 14.6. The van der Waals surface area contributed by atoms with Crippen LogP contribution in [-0.2, 0) is 27.2 Å². The molecule has 210 valence electrons. The Morgan fingerprint density at radius 1 is 1.05 bits per heavy atom. The molecule has 0 spiro atoms. The third-order valence-corrected chi connectivity index (χ3v) is 7.38. The van der Waals surface area contributed by atoms with Gasteiger partial charge in [0, 0.05) is 32.1 Å². The second kappa shape index (κ2) is 12.9. The van der Waals surface area contributed by atoms with E-state index in [1.54, 1.807) is 38.2 Å². The molecule has 0 unspecified atom stereocenters. The van der Waals surface area contributed by atoms with Gasteiger partial charge in [0.15, 0.2) is 0 Å². The van der Waals surface area contributed by atoms with Crippen molar-refractivity contribution in [3.05, 3.63) is 59.4 Å². The third-order valence-electron chi connectivity index (χ3n) is 7.38. The van der Waals surface area contributed by atoms with Crippen LogP contribution >= 0.6 is 0 Å². The maximum atomic E-state index is 14.6. The van der Waals surface area contributed by atoms with Crippen molar-refractivity contribution >= 4 is 17.7 Å². The Morgan fingerprint density at radius 3 is 2.51 bits per heavy atom. The lowest BCUT2D eigenvalue weighted by atomic mass is 10.0. The Kier molecular flexibility index (Phi) is 9.40. The topological polar surface area (TPSA) is 120 Å². The molecule has 1 saturated carbocycles. The number of ether oxygens (including phenoxy) is 1. The Labute approximate surface area is 228 Å². The third kappa shape index (κ3) is 7.47. The second-order valence-electron chi connectivity index (χ2n) is 10.3. The summed E-state index contributed by atoms with van der Waals surface area (Å²) in [6.45, 7) is 2.55. The van der Waals surface area contributed by atoms with Gasteiger partial charge in [-0.1, -0.05) is 18.2 Å². The number of nitrogens with zero attached hydrogens (tertiary/aromatic N) is 1. The molecule has 9 nitrogen and oxygen atoms in total. The summed E-state index contributed by atoms with van der Waals surface area (Å²) in [5.41, 5.74) is 1.18. The molecule has 0 aromatic heterocycles. The first-order chi connectivity index (χ1) is 18.7. The van der Waals surface area contributed by atoms with Crippen LogP contribution < -0.4 is 20.7 Å². The van der Waals surface area contributed by atoms with E-state index in [-0.39, 0.29) is 48.9 Å². The van der Waals surface area contributed by atoms with Crippen molar-refractivity contribution in [3.63, 3.8) is 0 Å². The average molecular weight is 541 g/mol. The predicted octanol–water partition coefficient (Wildman–Crippen LogP) is 1.92. The number of halogens is 1. The van der Waals surface area contributed by atoms with Gasteiger partial charge >= 0.3 is 0 Å². The highest BCUT2D eigenvalue weighted by Gasteiger charge is 2.39. The van der Waals surface area contributed by atoms with Crippen LogP contribution in [0.2, 0.25) is 0 Å². The van der Waals surface area contributed by atoms with Crippen molar-refractivity contribution in [2.75, 3.05) is 26.7 Å². The zero-order valence-corrected chi connectivity index (χ0v) is 22.4. The number of hydrogen-bond donors (Lipinski definition) is 4. The van der Waals surface area contributed by atoms with E-state index in [0.717, 1.165) is 18.4 Å². The molecule has 3 amide bonds.